The number of hydrogen-bond donors (Lipinski definition) is 2. The monoisotopic (exact) mass is 209 g/mol. The standard InChI is InChI=1S/C10H11NO4/c1-6-2-3-7(8(12)4-6)10(14)15-5-9(11)13/h2-4,12H,5H2,1H3,(H2,11,13). The molecule has 1 aromatic rings. The molecule has 1 aromatic carbocycles. The van der Waals surface area contributed by atoms with Gasteiger partial charge in [-0.25, -0.2) is 4.79 Å². The number of primary amides is 1. The van der Waals surface area contributed by atoms with Crippen molar-refractivity contribution < 1.29 is 19.4 Å². The lowest BCUT2D eigenvalue weighted by Crippen LogP contribution is -2.20. The maximum Gasteiger partial charge on any atom is 0.342 e. The molecule has 0 unspecified atom stereocenters. The average Bonchev–Trinajstić information content (AvgIpc) is 2.14. The van der Waals surface area contributed by atoms with Crippen molar-refractivity contribution in [2.75, 3.05) is 6.61 Å². The third-order valence-corrected chi connectivity index (χ3v) is 1.72. The molecule has 1 amide bonds. The molecule has 0 saturated heterocycles. The normalized spacial score (nSPS) is 9.67. The van der Waals surface area contributed by atoms with Gasteiger partial charge in [0.15, 0.2) is 6.61 Å². The van der Waals surface area contributed by atoms with Gasteiger partial charge in [0.1, 0.15) is 11.3 Å². The number of aromatic hydroxyl groups is 1. The van der Waals surface area contributed by atoms with E-state index in [-0.39, 0.29) is 11.3 Å². The molecule has 0 bridgehead atoms. The molecule has 0 radical (unpaired) electrons. The predicted octanol–water partition coefficient (Wildman–Crippen LogP) is 0.343. The molecule has 3 N–H and O–H groups in total. The average molecular weight is 209 g/mol. The Morgan fingerprint density at radius 2 is 2.13 bits per heavy atom. The molecule has 0 spiro atoms. The van der Waals surface area contributed by atoms with Gasteiger partial charge in [-0.05, 0) is 24.6 Å². The van der Waals surface area contributed by atoms with Gasteiger partial charge in [0.25, 0.3) is 5.91 Å². The van der Waals surface area contributed by atoms with Crippen LogP contribution in [0.15, 0.2) is 18.2 Å². The van der Waals surface area contributed by atoms with Crippen LogP contribution in [0.4, 0.5) is 0 Å². The first kappa shape index (κ1) is 11.0. The van der Waals surface area contributed by atoms with Crippen molar-refractivity contribution in [2.45, 2.75) is 6.92 Å². The molecule has 0 aliphatic heterocycles. The van der Waals surface area contributed by atoms with Crippen LogP contribution in [0.5, 0.6) is 5.75 Å². The highest BCUT2D eigenvalue weighted by molar-refractivity contribution is 5.93. The van der Waals surface area contributed by atoms with E-state index in [4.69, 9.17) is 5.73 Å². The largest absolute Gasteiger partial charge is 0.507 e. The molecular formula is C10H11NO4. The van der Waals surface area contributed by atoms with Crippen molar-refractivity contribution in [3.05, 3.63) is 29.3 Å². The van der Waals surface area contributed by atoms with E-state index in [1.165, 1.54) is 12.1 Å². The molecule has 0 fully saturated rings. The maximum absolute atomic E-state index is 11.3. The first-order valence-corrected chi connectivity index (χ1v) is 4.25. The number of nitrogens with two attached hydrogens (primary N) is 1. The molecular weight excluding hydrogens is 198 g/mol. The lowest BCUT2D eigenvalue weighted by atomic mass is 10.1. The molecule has 80 valence electrons. The van der Waals surface area contributed by atoms with Gasteiger partial charge < -0.3 is 15.6 Å². The molecule has 1 rings (SSSR count). The fourth-order valence-corrected chi connectivity index (χ4v) is 1.03. The number of rotatable bonds is 3. The molecule has 0 saturated carbocycles. The number of amides is 1. The Morgan fingerprint density at radius 1 is 1.47 bits per heavy atom. The lowest BCUT2D eigenvalue weighted by molar-refractivity contribution is -0.121. The van der Waals surface area contributed by atoms with Crippen molar-refractivity contribution >= 4 is 11.9 Å². The van der Waals surface area contributed by atoms with E-state index in [0.29, 0.717) is 0 Å². The van der Waals surface area contributed by atoms with Gasteiger partial charge in [-0.2, -0.15) is 0 Å². The summed E-state index contributed by atoms with van der Waals surface area (Å²) in [5.41, 5.74) is 5.64. The molecule has 5 heteroatoms. The second-order valence-corrected chi connectivity index (χ2v) is 3.06. The second-order valence-electron chi connectivity index (χ2n) is 3.06. The van der Waals surface area contributed by atoms with E-state index >= 15 is 0 Å². The van der Waals surface area contributed by atoms with Crippen molar-refractivity contribution in [3.8, 4) is 5.75 Å². The highest BCUT2D eigenvalue weighted by atomic mass is 16.5. The minimum Gasteiger partial charge on any atom is -0.507 e. The number of benzene rings is 1. The Bertz CT molecular complexity index is 400. The Morgan fingerprint density at radius 3 is 2.67 bits per heavy atom. The minimum atomic E-state index is -0.772. The van der Waals surface area contributed by atoms with Crippen molar-refractivity contribution in [1.82, 2.24) is 0 Å². The third kappa shape index (κ3) is 2.98. The van der Waals surface area contributed by atoms with Gasteiger partial charge in [0.2, 0.25) is 0 Å². The molecule has 0 heterocycles. The van der Waals surface area contributed by atoms with E-state index in [9.17, 15) is 14.7 Å². The van der Waals surface area contributed by atoms with Crippen LogP contribution >= 0.6 is 0 Å². The summed E-state index contributed by atoms with van der Waals surface area (Å²) in [5.74, 6) is -1.69. The Kier molecular flexibility index (Phi) is 3.28. The number of carbonyl (C=O) groups excluding carboxylic acids is 2. The first-order valence-electron chi connectivity index (χ1n) is 4.25. The zero-order chi connectivity index (χ0) is 11.4. The minimum absolute atomic E-state index is 0.0156. The summed E-state index contributed by atoms with van der Waals surface area (Å²) in [7, 11) is 0. The zero-order valence-corrected chi connectivity index (χ0v) is 8.19. The number of esters is 1. The van der Waals surface area contributed by atoms with Gasteiger partial charge in [-0.1, -0.05) is 6.07 Å². The summed E-state index contributed by atoms with van der Waals surface area (Å²) in [6.07, 6.45) is 0. The Labute approximate surface area is 86.5 Å². The topological polar surface area (TPSA) is 89.6 Å². The van der Waals surface area contributed by atoms with E-state index in [1.54, 1.807) is 13.0 Å². The fourth-order valence-electron chi connectivity index (χ4n) is 1.03. The number of hydrogen-bond acceptors (Lipinski definition) is 4. The Hall–Kier alpha value is -2.04. The van der Waals surface area contributed by atoms with E-state index in [0.717, 1.165) is 5.56 Å². The number of carbonyl (C=O) groups is 2. The SMILES string of the molecule is Cc1ccc(C(=O)OCC(N)=O)c(O)c1. The smallest absolute Gasteiger partial charge is 0.342 e. The molecule has 0 atom stereocenters. The van der Waals surface area contributed by atoms with Gasteiger partial charge in [0.05, 0.1) is 0 Å². The van der Waals surface area contributed by atoms with Gasteiger partial charge in [-0.3, -0.25) is 4.79 Å². The van der Waals surface area contributed by atoms with Crippen LogP contribution < -0.4 is 5.73 Å². The van der Waals surface area contributed by atoms with Crippen LogP contribution in [0.25, 0.3) is 0 Å². The van der Waals surface area contributed by atoms with Crippen LogP contribution in [0.1, 0.15) is 15.9 Å². The zero-order valence-electron chi connectivity index (χ0n) is 8.19. The number of phenols is 1. The first-order chi connectivity index (χ1) is 7.00. The Balaban J connectivity index is 2.78. The number of phenolic OH excluding ortho intramolecular Hbond substituents is 1. The molecule has 5 nitrogen and oxygen atoms in total. The molecule has 0 aliphatic rings. The maximum atomic E-state index is 11.3. The molecule has 0 aliphatic carbocycles. The van der Waals surface area contributed by atoms with Crippen LogP contribution in [-0.4, -0.2) is 23.6 Å². The number of ether oxygens (including phenoxy) is 1. The van der Waals surface area contributed by atoms with Crippen LogP contribution in [0.3, 0.4) is 0 Å². The molecule has 0 aromatic heterocycles. The van der Waals surface area contributed by atoms with Gasteiger partial charge in [0, 0.05) is 0 Å². The summed E-state index contributed by atoms with van der Waals surface area (Å²) >= 11 is 0. The summed E-state index contributed by atoms with van der Waals surface area (Å²) in [4.78, 5) is 21.6. The fraction of sp³-hybridized carbons (Fsp3) is 0.200. The van der Waals surface area contributed by atoms with E-state index in [2.05, 4.69) is 4.74 Å². The van der Waals surface area contributed by atoms with Gasteiger partial charge in [-0.15, -0.1) is 0 Å². The predicted molar refractivity (Wildman–Crippen MR) is 52.3 cm³/mol. The summed E-state index contributed by atoms with van der Waals surface area (Å²) in [5, 5.41) is 9.41. The highest BCUT2D eigenvalue weighted by Gasteiger charge is 2.13. The quantitative estimate of drug-likeness (QED) is 0.702. The molecule has 15 heavy (non-hydrogen) atoms. The van der Waals surface area contributed by atoms with E-state index < -0.39 is 18.5 Å². The van der Waals surface area contributed by atoms with Crippen molar-refractivity contribution in [2.24, 2.45) is 5.73 Å². The van der Waals surface area contributed by atoms with E-state index in [1.807, 2.05) is 0 Å². The summed E-state index contributed by atoms with van der Waals surface area (Å²) < 4.78 is 4.54. The highest BCUT2D eigenvalue weighted by Crippen LogP contribution is 2.19. The van der Waals surface area contributed by atoms with Crippen LogP contribution in [0.2, 0.25) is 0 Å². The number of aryl methyl sites for hydroxylation is 1. The lowest BCUT2D eigenvalue weighted by Gasteiger charge is -2.04. The van der Waals surface area contributed by atoms with Crippen LogP contribution in [0, 0.1) is 6.92 Å². The summed E-state index contributed by atoms with van der Waals surface area (Å²) in [6.45, 7) is 1.28. The second kappa shape index (κ2) is 4.45. The summed E-state index contributed by atoms with van der Waals surface area (Å²) in [6, 6.07) is 4.51. The van der Waals surface area contributed by atoms with Crippen molar-refractivity contribution in [1.29, 1.82) is 0 Å². The van der Waals surface area contributed by atoms with Crippen LogP contribution in [-0.2, 0) is 9.53 Å². The van der Waals surface area contributed by atoms with Crippen molar-refractivity contribution in [3.63, 3.8) is 0 Å². The van der Waals surface area contributed by atoms with Gasteiger partial charge >= 0.3 is 5.97 Å². The third-order valence-electron chi connectivity index (χ3n) is 1.72.